The van der Waals surface area contributed by atoms with Gasteiger partial charge in [0.15, 0.2) is 0 Å². The van der Waals surface area contributed by atoms with Gasteiger partial charge in [-0.15, -0.1) is 0 Å². The molecule has 0 N–H and O–H groups in total. The van der Waals surface area contributed by atoms with Crippen LogP contribution in [0.15, 0.2) is 42.7 Å². The van der Waals surface area contributed by atoms with Crippen molar-refractivity contribution in [1.82, 2.24) is 9.29 Å². The Labute approximate surface area is 137 Å². The molecule has 0 radical (unpaired) electrons. The Bertz CT molecular complexity index is 791. The summed E-state index contributed by atoms with van der Waals surface area (Å²) in [6.45, 7) is 2.92. The molecule has 5 nitrogen and oxygen atoms in total. The molecule has 6 heteroatoms. The predicted molar refractivity (Wildman–Crippen MR) is 88.9 cm³/mol. The Morgan fingerprint density at radius 3 is 2.78 bits per heavy atom. The molecule has 1 atom stereocenters. The minimum Gasteiger partial charge on any atom is -0.493 e. The number of hydrogen-bond acceptors (Lipinski definition) is 4. The number of fused-ring (bicyclic) bond motifs is 1. The first-order valence-corrected chi connectivity index (χ1v) is 9.48. The van der Waals surface area contributed by atoms with Crippen LogP contribution in [0.25, 0.3) is 0 Å². The van der Waals surface area contributed by atoms with E-state index in [4.69, 9.17) is 4.74 Å². The van der Waals surface area contributed by atoms with Gasteiger partial charge in [-0.1, -0.05) is 25.1 Å². The first kappa shape index (κ1) is 16.0. The van der Waals surface area contributed by atoms with Gasteiger partial charge in [0.2, 0.25) is 10.0 Å². The summed E-state index contributed by atoms with van der Waals surface area (Å²) in [7, 11) is -3.35. The van der Waals surface area contributed by atoms with Crippen molar-refractivity contribution in [2.45, 2.75) is 19.4 Å². The molecular weight excluding hydrogens is 312 g/mol. The van der Waals surface area contributed by atoms with Crippen LogP contribution in [-0.4, -0.2) is 37.1 Å². The molecule has 2 aromatic rings. The van der Waals surface area contributed by atoms with Crippen LogP contribution in [0.5, 0.6) is 5.75 Å². The average Bonchev–Trinajstić information content (AvgIpc) is 2.99. The highest BCUT2D eigenvalue weighted by molar-refractivity contribution is 7.88. The zero-order valence-electron chi connectivity index (χ0n) is 13.3. The number of benzene rings is 1. The Hall–Kier alpha value is -1.92. The van der Waals surface area contributed by atoms with Crippen molar-refractivity contribution in [1.29, 1.82) is 0 Å². The summed E-state index contributed by atoms with van der Waals surface area (Å²) in [6, 6.07) is 9.28. The average molecular weight is 332 g/mol. The Morgan fingerprint density at radius 1 is 1.30 bits per heavy atom. The van der Waals surface area contributed by atoms with Gasteiger partial charge in [-0.3, -0.25) is 4.98 Å². The second kappa shape index (κ2) is 6.29. The van der Waals surface area contributed by atoms with Gasteiger partial charge in [0.05, 0.1) is 18.9 Å². The highest BCUT2D eigenvalue weighted by atomic mass is 32.2. The number of pyridine rings is 1. The normalized spacial score (nSPS) is 15.3. The molecule has 1 aliphatic rings. The molecule has 0 aliphatic carbocycles. The SMILES string of the molecule is CCN([C@H](c1cccnc1)c1ccc2c(c1)CCO2)S(C)(=O)=O. The largest absolute Gasteiger partial charge is 0.493 e. The molecule has 0 saturated heterocycles. The van der Waals surface area contributed by atoms with Crippen LogP contribution in [0.2, 0.25) is 0 Å². The molecule has 0 fully saturated rings. The third-order valence-electron chi connectivity index (χ3n) is 4.06. The van der Waals surface area contributed by atoms with E-state index in [9.17, 15) is 8.42 Å². The molecule has 0 unspecified atom stereocenters. The van der Waals surface area contributed by atoms with E-state index in [-0.39, 0.29) is 6.04 Å². The van der Waals surface area contributed by atoms with Crippen LogP contribution in [0.1, 0.15) is 29.7 Å². The minimum atomic E-state index is -3.35. The molecule has 23 heavy (non-hydrogen) atoms. The number of ether oxygens (including phenoxy) is 1. The standard InChI is InChI=1S/C17H20N2O3S/c1-3-19(23(2,20)21)17(15-5-4-9-18-12-15)14-6-7-16-13(11-14)8-10-22-16/h4-7,9,11-12,17H,3,8,10H2,1-2H3/t17-/m0/s1. The maximum Gasteiger partial charge on any atom is 0.212 e. The molecule has 0 amide bonds. The lowest BCUT2D eigenvalue weighted by atomic mass is 9.97. The lowest BCUT2D eigenvalue weighted by molar-refractivity contribution is 0.356. The molecule has 1 aromatic carbocycles. The molecule has 0 bridgehead atoms. The Kier molecular flexibility index (Phi) is 4.37. The lowest BCUT2D eigenvalue weighted by Crippen LogP contribution is -2.34. The van der Waals surface area contributed by atoms with Gasteiger partial charge in [-0.25, -0.2) is 8.42 Å². The minimum absolute atomic E-state index is 0.380. The van der Waals surface area contributed by atoms with Crippen molar-refractivity contribution in [2.24, 2.45) is 0 Å². The summed E-state index contributed by atoms with van der Waals surface area (Å²) in [5.41, 5.74) is 2.93. The van der Waals surface area contributed by atoms with Crippen LogP contribution in [0.4, 0.5) is 0 Å². The van der Waals surface area contributed by atoms with Gasteiger partial charge in [-0.05, 0) is 28.8 Å². The quantitative estimate of drug-likeness (QED) is 0.843. The first-order chi connectivity index (χ1) is 11.0. The predicted octanol–water partition coefficient (Wildman–Crippen LogP) is 2.39. The smallest absolute Gasteiger partial charge is 0.212 e. The summed E-state index contributed by atoms with van der Waals surface area (Å²) in [5, 5.41) is 0. The molecular formula is C17H20N2O3S. The van der Waals surface area contributed by atoms with Crippen molar-refractivity contribution in [3.8, 4) is 5.75 Å². The van der Waals surface area contributed by atoms with Gasteiger partial charge in [-0.2, -0.15) is 4.31 Å². The van der Waals surface area contributed by atoms with Crippen molar-refractivity contribution in [2.75, 3.05) is 19.4 Å². The fraction of sp³-hybridized carbons (Fsp3) is 0.353. The molecule has 2 heterocycles. The highest BCUT2D eigenvalue weighted by Gasteiger charge is 2.29. The maximum atomic E-state index is 12.3. The van der Waals surface area contributed by atoms with Crippen molar-refractivity contribution < 1.29 is 13.2 Å². The van der Waals surface area contributed by atoms with Crippen LogP contribution < -0.4 is 4.74 Å². The number of nitrogens with zero attached hydrogens (tertiary/aromatic N) is 2. The molecule has 0 spiro atoms. The van der Waals surface area contributed by atoms with Crippen LogP contribution in [0.3, 0.4) is 0 Å². The summed E-state index contributed by atoms with van der Waals surface area (Å²) < 4.78 is 31.6. The summed E-state index contributed by atoms with van der Waals surface area (Å²) in [6.07, 6.45) is 5.51. The molecule has 3 rings (SSSR count). The summed E-state index contributed by atoms with van der Waals surface area (Å²) in [5.74, 6) is 0.890. The third-order valence-corrected chi connectivity index (χ3v) is 5.38. The fourth-order valence-corrected chi connectivity index (χ4v) is 4.14. The van der Waals surface area contributed by atoms with Gasteiger partial charge >= 0.3 is 0 Å². The van der Waals surface area contributed by atoms with Crippen LogP contribution >= 0.6 is 0 Å². The number of aromatic nitrogens is 1. The van der Waals surface area contributed by atoms with Crippen LogP contribution in [-0.2, 0) is 16.4 Å². The fourth-order valence-electron chi connectivity index (χ4n) is 3.05. The van der Waals surface area contributed by atoms with Crippen LogP contribution in [0, 0.1) is 0 Å². The van der Waals surface area contributed by atoms with Crippen molar-refractivity contribution in [3.63, 3.8) is 0 Å². The number of rotatable bonds is 5. The third kappa shape index (κ3) is 3.23. The van der Waals surface area contributed by atoms with Gasteiger partial charge < -0.3 is 4.74 Å². The monoisotopic (exact) mass is 332 g/mol. The highest BCUT2D eigenvalue weighted by Crippen LogP contribution is 2.34. The van der Waals surface area contributed by atoms with E-state index in [0.29, 0.717) is 13.2 Å². The molecule has 1 aliphatic heterocycles. The van der Waals surface area contributed by atoms with Gasteiger partial charge in [0, 0.05) is 25.4 Å². The second-order valence-corrected chi connectivity index (χ2v) is 7.56. The zero-order chi connectivity index (χ0) is 16.4. The van der Waals surface area contributed by atoms with E-state index in [1.54, 1.807) is 12.4 Å². The topological polar surface area (TPSA) is 59.5 Å². The summed E-state index contributed by atoms with van der Waals surface area (Å²) in [4.78, 5) is 4.16. The van der Waals surface area contributed by atoms with Crippen molar-refractivity contribution >= 4 is 10.0 Å². The van der Waals surface area contributed by atoms with Gasteiger partial charge in [0.25, 0.3) is 0 Å². The Morgan fingerprint density at radius 2 is 2.13 bits per heavy atom. The lowest BCUT2D eigenvalue weighted by Gasteiger charge is -2.29. The van der Waals surface area contributed by atoms with E-state index in [1.807, 2.05) is 37.3 Å². The van der Waals surface area contributed by atoms with E-state index >= 15 is 0 Å². The zero-order valence-corrected chi connectivity index (χ0v) is 14.1. The number of hydrogen-bond donors (Lipinski definition) is 0. The maximum absolute atomic E-state index is 12.3. The Balaban J connectivity index is 2.12. The summed E-state index contributed by atoms with van der Waals surface area (Å²) >= 11 is 0. The second-order valence-electron chi connectivity index (χ2n) is 5.62. The van der Waals surface area contributed by atoms with E-state index in [0.717, 1.165) is 28.9 Å². The number of sulfonamides is 1. The van der Waals surface area contributed by atoms with E-state index in [1.165, 1.54) is 10.6 Å². The van der Waals surface area contributed by atoms with Gasteiger partial charge in [0.1, 0.15) is 5.75 Å². The van der Waals surface area contributed by atoms with E-state index < -0.39 is 10.0 Å². The molecule has 0 saturated carbocycles. The first-order valence-electron chi connectivity index (χ1n) is 7.63. The molecule has 122 valence electrons. The van der Waals surface area contributed by atoms with E-state index in [2.05, 4.69) is 4.98 Å². The van der Waals surface area contributed by atoms with Crippen molar-refractivity contribution in [3.05, 3.63) is 59.4 Å². The molecule has 1 aromatic heterocycles.